The molecule has 0 saturated heterocycles. The van der Waals surface area contributed by atoms with Crippen molar-refractivity contribution in [2.75, 3.05) is 11.9 Å². The van der Waals surface area contributed by atoms with Crippen LogP contribution < -0.4 is 5.32 Å². The lowest BCUT2D eigenvalue weighted by Gasteiger charge is -2.09. The van der Waals surface area contributed by atoms with Gasteiger partial charge in [0.15, 0.2) is 0 Å². The molecule has 0 unspecified atom stereocenters. The number of nitrogens with one attached hydrogen (secondary N) is 1. The van der Waals surface area contributed by atoms with Gasteiger partial charge in [0.25, 0.3) is 0 Å². The number of carboxylic acids is 1. The fraction of sp³-hybridized carbons (Fsp3) is 0.462. The van der Waals surface area contributed by atoms with E-state index >= 15 is 0 Å². The van der Waals surface area contributed by atoms with Crippen LogP contribution in [0.2, 0.25) is 0 Å². The molecule has 0 spiro atoms. The van der Waals surface area contributed by atoms with Gasteiger partial charge in [0.05, 0.1) is 5.56 Å². The molecule has 1 aromatic rings. The zero-order valence-electron chi connectivity index (χ0n) is 9.88. The van der Waals surface area contributed by atoms with Gasteiger partial charge in [-0.1, -0.05) is 12.8 Å². The molecule has 18 heavy (non-hydrogen) atoms. The Morgan fingerprint density at radius 2 is 1.94 bits per heavy atom. The molecule has 5 heteroatoms. The molecule has 2 N–H and O–H groups in total. The Kier molecular flexibility index (Phi) is 3.79. The van der Waals surface area contributed by atoms with Crippen molar-refractivity contribution < 1.29 is 18.7 Å². The normalized spacial score (nSPS) is 14.6. The quantitative estimate of drug-likeness (QED) is 0.767. The number of rotatable bonds is 6. The van der Waals surface area contributed by atoms with E-state index in [1.54, 1.807) is 0 Å². The molecule has 1 saturated carbocycles. The van der Waals surface area contributed by atoms with Crippen LogP contribution in [0.5, 0.6) is 0 Å². The molecule has 1 aliphatic rings. The molecule has 3 nitrogen and oxygen atoms in total. The Labute approximate surface area is 104 Å². The SMILES string of the molecule is O=C(O)c1cc(F)c(NCCCC2CC2)c(F)c1. The number of carboxylic acid groups (broad SMARTS) is 1. The molecule has 1 fully saturated rings. The van der Waals surface area contributed by atoms with Crippen molar-refractivity contribution in [3.63, 3.8) is 0 Å². The predicted molar refractivity (Wildman–Crippen MR) is 63.8 cm³/mol. The maximum Gasteiger partial charge on any atom is 0.335 e. The first-order valence-electron chi connectivity index (χ1n) is 6.04. The molecule has 0 bridgehead atoms. The number of anilines is 1. The third-order valence-corrected chi connectivity index (χ3v) is 3.08. The van der Waals surface area contributed by atoms with Crippen LogP contribution in [0.1, 0.15) is 36.0 Å². The Balaban J connectivity index is 1.95. The molecule has 0 amide bonds. The molecule has 0 aliphatic heterocycles. The fourth-order valence-corrected chi connectivity index (χ4v) is 1.88. The van der Waals surface area contributed by atoms with Crippen molar-refractivity contribution >= 4 is 11.7 Å². The second-order valence-corrected chi connectivity index (χ2v) is 4.63. The van der Waals surface area contributed by atoms with Gasteiger partial charge in [0.1, 0.15) is 17.3 Å². The third kappa shape index (κ3) is 3.18. The van der Waals surface area contributed by atoms with E-state index in [4.69, 9.17) is 5.11 Å². The first-order chi connectivity index (χ1) is 8.58. The Bertz CT molecular complexity index is 435. The first-order valence-corrected chi connectivity index (χ1v) is 6.04. The van der Waals surface area contributed by atoms with E-state index in [2.05, 4.69) is 5.32 Å². The minimum atomic E-state index is -1.34. The third-order valence-electron chi connectivity index (χ3n) is 3.08. The van der Waals surface area contributed by atoms with Crippen molar-refractivity contribution in [3.05, 3.63) is 29.3 Å². The van der Waals surface area contributed by atoms with Crippen LogP contribution in [-0.4, -0.2) is 17.6 Å². The van der Waals surface area contributed by atoms with Crippen LogP contribution in [0.25, 0.3) is 0 Å². The van der Waals surface area contributed by atoms with Crippen molar-refractivity contribution in [2.45, 2.75) is 25.7 Å². The Hall–Kier alpha value is -1.65. The zero-order chi connectivity index (χ0) is 13.1. The van der Waals surface area contributed by atoms with Crippen molar-refractivity contribution in [1.29, 1.82) is 0 Å². The van der Waals surface area contributed by atoms with Gasteiger partial charge >= 0.3 is 5.97 Å². The lowest BCUT2D eigenvalue weighted by atomic mass is 10.1. The van der Waals surface area contributed by atoms with E-state index in [1.165, 1.54) is 12.8 Å². The summed E-state index contributed by atoms with van der Waals surface area (Å²) in [6, 6.07) is 1.66. The highest BCUT2D eigenvalue weighted by atomic mass is 19.1. The highest BCUT2D eigenvalue weighted by Gasteiger charge is 2.20. The number of aromatic carboxylic acids is 1. The summed E-state index contributed by atoms with van der Waals surface area (Å²) in [5.41, 5.74) is -0.621. The lowest BCUT2D eigenvalue weighted by molar-refractivity contribution is 0.0696. The highest BCUT2D eigenvalue weighted by Crippen LogP contribution is 2.33. The summed E-state index contributed by atoms with van der Waals surface area (Å²) in [7, 11) is 0. The average molecular weight is 255 g/mol. The molecule has 0 heterocycles. The molecule has 0 atom stereocenters. The molecule has 0 radical (unpaired) electrons. The van der Waals surface area contributed by atoms with Crippen LogP contribution >= 0.6 is 0 Å². The number of carbonyl (C=O) groups is 1. The maximum absolute atomic E-state index is 13.5. The van der Waals surface area contributed by atoms with E-state index in [0.717, 1.165) is 30.9 Å². The summed E-state index contributed by atoms with van der Waals surface area (Å²) < 4.78 is 27.0. The minimum Gasteiger partial charge on any atom is -0.478 e. The average Bonchev–Trinajstić information content (AvgIpc) is 3.10. The first kappa shape index (κ1) is 12.8. The second kappa shape index (κ2) is 5.33. The van der Waals surface area contributed by atoms with Crippen LogP contribution in [0.15, 0.2) is 12.1 Å². The Morgan fingerprint density at radius 3 is 2.44 bits per heavy atom. The molecule has 1 aliphatic carbocycles. The van der Waals surface area contributed by atoms with Crippen LogP contribution in [-0.2, 0) is 0 Å². The summed E-state index contributed by atoms with van der Waals surface area (Å²) in [4.78, 5) is 10.6. The van der Waals surface area contributed by atoms with Crippen molar-refractivity contribution in [3.8, 4) is 0 Å². The van der Waals surface area contributed by atoms with E-state index < -0.39 is 17.6 Å². The summed E-state index contributed by atoms with van der Waals surface area (Å²) in [5.74, 6) is -2.28. The van der Waals surface area contributed by atoms with Gasteiger partial charge in [-0.05, 0) is 30.9 Å². The minimum absolute atomic E-state index is 0.240. The van der Waals surface area contributed by atoms with Crippen molar-refractivity contribution in [1.82, 2.24) is 0 Å². The van der Waals surface area contributed by atoms with Gasteiger partial charge < -0.3 is 10.4 Å². The molecule has 0 aromatic heterocycles. The number of benzene rings is 1. The molecule has 1 aromatic carbocycles. The monoisotopic (exact) mass is 255 g/mol. The molecular weight excluding hydrogens is 240 g/mol. The largest absolute Gasteiger partial charge is 0.478 e. The lowest BCUT2D eigenvalue weighted by Crippen LogP contribution is -2.08. The smallest absolute Gasteiger partial charge is 0.335 e. The zero-order valence-corrected chi connectivity index (χ0v) is 9.88. The van der Waals surface area contributed by atoms with Crippen LogP contribution in [0.4, 0.5) is 14.5 Å². The van der Waals surface area contributed by atoms with Gasteiger partial charge in [0.2, 0.25) is 0 Å². The van der Waals surface area contributed by atoms with E-state index in [-0.39, 0.29) is 11.3 Å². The van der Waals surface area contributed by atoms with E-state index in [9.17, 15) is 13.6 Å². The maximum atomic E-state index is 13.5. The summed E-state index contributed by atoms with van der Waals surface area (Å²) in [6.45, 7) is 0.497. The molecular formula is C13H15F2NO2. The standard InChI is InChI=1S/C13H15F2NO2/c14-10-6-9(13(17)18)7-11(15)12(10)16-5-1-2-8-3-4-8/h6-8,16H,1-5H2,(H,17,18). The highest BCUT2D eigenvalue weighted by molar-refractivity contribution is 5.88. The number of hydrogen-bond acceptors (Lipinski definition) is 2. The van der Waals surface area contributed by atoms with Gasteiger partial charge in [-0.3, -0.25) is 0 Å². The van der Waals surface area contributed by atoms with Gasteiger partial charge in [0, 0.05) is 6.54 Å². The number of hydrogen-bond donors (Lipinski definition) is 2. The summed E-state index contributed by atoms with van der Waals surface area (Å²) in [5, 5.41) is 11.3. The fourth-order valence-electron chi connectivity index (χ4n) is 1.88. The van der Waals surface area contributed by atoms with Crippen LogP contribution in [0, 0.1) is 17.6 Å². The Morgan fingerprint density at radius 1 is 1.33 bits per heavy atom. The van der Waals surface area contributed by atoms with Gasteiger partial charge in [-0.25, -0.2) is 13.6 Å². The molecule has 98 valence electrons. The second-order valence-electron chi connectivity index (χ2n) is 4.63. The summed E-state index contributed by atoms with van der Waals surface area (Å²) >= 11 is 0. The predicted octanol–water partition coefficient (Wildman–Crippen LogP) is 3.27. The van der Waals surface area contributed by atoms with Gasteiger partial charge in [-0.15, -0.1) is 0 Å². The van der Waals surface area contributed by atoms with Crippen LogP contribution in [0.3, 0.4) is 0 Å². The summed E-state index contributed by atoms with van der Waals surface area (Å²) in [6.07, 6.45) is 4.46. The van der Waals surface area contributed by atoms with Crippen molar-refractivity contribution in [2.24, 2.45) is 5.92 Å². The number of halogens is 2. The van der Waals surface area contributed by atoms with Gasteiger partial charge in [-0.2, -0.15) is 0 Å². The topological polar surface area (TPSA) is 49.3 Å². The molecule has 2 rings (SSSR count). The van der Waals surface area contributed by atoms with E-state index in [1.807, 2.05) is 0 Å². The van der Waals surface area contributed by atoms with E-state index in [0.29, 0.717) is 6.54 Å².